The fraction of sp³-hybridized carbons (Fsp3) is 0.500. The van der Waals surface area contributed by atoms with Gasteiger partial charge in [-0.1, -0.05) is 6.92 Å². The Kier molecular flexibility index (Phi) is 3.81. The van der Waals surface area contributed by atoms with Crippen molar-refractivity contribution < 1.29 is 9.18 Å². The summed E-state index contributed by atoms with van der Waals surface area (Å²) in [5, 5.41) is 0. The lowest BCUT2D eigenvalue weighted by atomic mass is 9.74. The summed E-state index contributed by atoms with van der Waals surface area (Å²) in [5.41, 5.74) is 9.14. The second-order valence-electron chi connectivity index (χ2n) is 7.12. The third kappa shape index (κ3) is 2.59. The summed E-state index contributed by atoms with van der Waals surface area (Å²) in [6.07, 6.45) is 1.04. The minimum absolute atomic E-state index is 0.0679. The molecule has 128 valence electrons. The van der Waals surface area contributed by atoms with E-state index in [9.17, 15) is 9.18 Å². The van der Waals surface area contributed by atoms with Crippen LogP contribution >= 0.6 is 0 Å². The van der Waals surface area contributed by atoms with Crippen molar-refractivity contribution in [2.45, 2.75) is 13.3 Å². The topological polar surface area (TPSA) is 47.6 Å². The number of halogens is 1. The minimum atomic E-state index is -0.338. The van der Waals surface area contributed by atoms with Crippen LogP contribution in [0.2, 0.25) is 0 Å². The molecule has 1 amide bonds. The fourth-order valence-corrected chi connectivity index (χ4v) is 4.31. The molecule has 4 aliphatic heterocycles. The molecule has 6 heteroatoms. The first-order valence-corrected chi connectivity index (χ1v) is 8.59. The molecule has 1 aromatic rings. The molecule has 2 saturated heterocycles. The summed E-state index contributed by atoms with van der Waals surface area (Å²) in [6, 6.07) is 5.61. The van der Waals surface area contributed by atoms with Gasteiger partial charge in [0.2, 0.25) is 0 Å². The standard InChI is InChI=1S/C18H23FN4O/c1-2-18-11-22-7-8-23(12-18)10-14(9-22)16(18)20-21-17(24)13-3-5-15(19)6-4-13/h3-6,20H,2,7-12H2,1H3,(H,21,24). The van der Waals surface area contributed by atoms with Gasteiger partial charge in [0, 0.05) is 55.9 Å². The lowest BCUT2D eigenvalue weighted by molar-refractivity contribution is 0.0906. The quantitative estimate of drug-likeness (QED) is 0.819. The molecule has 24 heavy (non-hydrogen) atoms. The summed E-state index contributed by atoms with van der Waals surface area (Å²) in [5.74, 6) is -0.573. The molecule has 4 heterocycles. The van der Waals surface area contributed by atoms with E-state index in [1.54, 1.807) is 0 Å². The third-order valence-electron chi connectivity index (χ3n) is 5.58. The van der Waals surface area contributed by atoms with Crippen molar-refractivity contribution in [3.63, 3.8) is 0 Å². The molecule has 1 aromatic carbocycles. The van der Waals surface area contributed by atoms with Gasteiger partial charge in [0.25, 0.3) is 5.91 Å². The van der Waals surface area contributed by atoms with Crippen LogP contribution in [0.25, 0.3) is 0 Å². The molecular formula is C18H23FN4O. The van der Waals surface area contributed by atoms with Gasteiger partial charge in [0.1, 0.15) is 5.82 Å². The molecule has 2 unspecified atom stereocenters. The van der Waals surface area contributed by atoms with Crippen LogP contribution in [-0.2, 0) is 0 Å². The summed E-state index contributed by atoms with van der Waals surface area (Å²) in [7, 11) is 0. The highest BCUT2D eigenvalue weighted by Gasteiger charge is 2.47. The van der Waals surface area contributed by atoms with Gasteiger partial charge < -0.3 is 5.43 Å². The maximum absolute atomic E-state index is 13.0. The normalized spacial score (nSPS) is 31.1. The molecule has 0 saturated carbocycles. The molecule has 2 atom stereocenters. The number of hydrazine groups is 1. The van der Waals surface area contributed by atoms with Crippen molar-refractivity contribution in [3.8, 4) is 0 Å². The van der Waals surface area contributed by atoms with Crippen molar-refractivity contribution in [2.24, 2.45) is 5.41 Å². The van der Waals surface area contributed by atoms with Crippen LogP contribution < -0.4 is 10.9 Å². The number of nitrogens with zero attached hydrogens (tertiary/aromatic N) is 2. The first-order chi connectivity index (χ1) is 11.6. The summed E-state index contributed by atoms with van der Waals surface area (Å²) in [6.45, 7) is 8.51. The molecule has 0 spiro atoms. The Morgan fingerprint density at radius 1 is 1.17 bits per heavy atom. The Balaban J connectivity index is 1.54. The molecule has 4 bridgehead atoms. The molecule has 4 aliphatic rings. The number of carbonyl (C=O) groups excluding carboxylic acids is 1. The summed E-state index contributed by atoms with van der Waals surface area (Å²) < 4.78 is 13.0. The maximum atomic E-state index is 13.0. The number of carbonyl (C=O) groups is 1. The van der Waals surface area contributed by atoms with E-state index in [0.29, 0.717) is 5.56 Å². The number of hydrogen-bond donors (Lipinski definition) is 2. The van der Waals surface area contributed by atoms with E-state index in [1.807, 2.05) is 0 Å². The van der Waals surface area contributed by atoms with Crippen LogP contribution in [0.4, 0.5) is 4.39 Å². The number of fused-ring (bicyclic) bond motifs is 1. The minimum Gasteiger partial charge on any atom is -0.302 e. The van der Waals surface area contributed by atoms with Gasteiger partial charge in [-0.05, 0) is 36.3 Å². The number of rotatable bonds is 4. The maximum Gasteiger partial charge on any atom is 0.269 e. The number of hydrogen-bond acceptors (Lipinski definition) is 4. The third-order valence-corrected chi connectivity index (χ3v) is 5.58. The zero-order chi connectivity index (χ0) is 16.7. The van der Waals surface area contributed by atoms with E-state index in [-0.39, 0.29) is 17.1 Å². The lowest BCUT2D eigenvalue weighted by Crippen LogP contribution is -2.57. The predicted molar refractivity (Wildman–Crippen MR) is 89.6 cm³/mol. The summed E-state index contributed by atoms with van der Waals surface area (Å²) in [4.78, 5) is 17.4. The van der Waals surface area contributed by atoms with E-state index in [1.165, 1.54) is 35.5 Å². The first kappa shape index (κ1) is 15.6. The van der Waals surface area contributed by atoms with Gasteiger partial charge in [0.15, 0.2) is 0 Å². The Hall–Kier alpha value is -1.92. The Labute approximate surface area is 141 Å². The summed E-state index contributed by atoms with van der Waals surface area (Å²) >= 11 is 0. The highest BCUT2D eigenvalue weighted by atomic mass is 19.1. The van der Waals surface area contributed by atoms with Crippen molar-refractivity contribution in [2.75, 3.05) is 39.3 Å². The lowest BCUT2D eigenvalue weighted by Gasteiger charge is -2.48. The predicted octanol–water partition coefficient (Wildman–Crippen LogP) is 1.36. The Morgan fingerprint density at radius 3 is 2.38 bits per heavy atom. The van der Waals surface area contributed by atoms with E-state index in [0.717, 1.165) is 45.7 Å². The molecule has 5 rings (SSSR count). The van der Waals surface area contributed by atoms with Gasteiger partial charge in [-0.2, -0.15) is 0 Å². The second kappa shape index (κ2) is 5.86. The molecule has 2 N–H and O–H groups in total. The number of nitrogens with one attached hydrogen (secondary N) is 2. The largest absolute Gasteiger partial charge is 0.302 e. The monoisotopic (exact) mass is 330 g/mol. The van der Waals surface area contributed by atoms with Gasteiger partial charge in [-0.15, -0.1) is 0 Å². The van der Waals surface area contributed by atoms with Crippen LogP contribution in [0.15, 0.2) is 35.5 Å². The second-order valence-corrected chi connectivity index (χ2v) is 7.12. The smallest absolute Gasteiger partial charge is 0.269 e. The number of amides is 1. The van der Waals surface area contributed by atoms with Crippen molar-refractivity contribution in [1.29, 1.82) is 0 Å². The molecular weight excluding hydrogens is 307 g/mol. The van der Waals surface area contributed by atoms with Crippen LogP contribution in [0, 0.1) is 11.2 Å². The van der Waals surface area contributed by atoms with Gasteiger partial charge in [0.05, 0.1) is 0 Å². The highest BCUT2D eigenvalue weighted by Crippen LogP contribution is 2.42. The average molecular weight is 330 g/mol. The molecule has 2 fully saturated rings. The van der Waals surface area contributed by atoms with Gasteiger partial charge in [-0.3, -0.25) is 20.0 Å². The van der Waals surface area contributed by atoms with Crippen LogP contribution in [0.3, 0.4) is 0 Å². The Morgan fingerprint density at radius 2 is 1.79 bits per heavy atom. The fourth-order valence-electron chi connectivity index (χ4n) is 4.31. The molecule has 0 radical (unpaired) electrons. The van der Waals surface area contributed by atoms with Crippen molar-refractivity contribution in [1.82, 2.24) is 20.7 Å². The van der Waals surface area contributed by atoms with Crippen molar-refractivity contribution in [3.05, 3.63) is 46.9 Å². The van der Waals surface area contributed by atoms with Gasteiger partial charge >= 0.3 is 0 Å². The molecule has 0 aliphatic carbocycles. The average Bonchev–Trinajstić information content (AvgIpc) is 2.82. The van der Waals surface area contributed by atoms with Crippen molar-refractivity contribution >= 4 is 5.91 Å². The first-order valence-electron chi connectivity index (χ1n) is 8.59. The SMILES string of the molecule is CCC12CN3CCN(CC(=C1NNC(=O)c1ccc(F)cc1)C3)C2. The van der Waals surface area contributed by atoms with E-state index in [2.05, 4.69) is 27.6 Å². The van der Waals surface area contributed by atoms with E-state index < -0.39 is 0 Å². The van der Waals surface area contributed by atoms with E-state index in [4.69, 9.17) is 0 Å². The molecule has 5 nitrogen and oxygen atoms in total. The van der Waals surface area contributed by atoms with Crippen LogP contribution in [-0.4, -0.2) is 55.0 Å². The Bertz CT molecular complexity index is 667. The molecule has 0 aromatic heterocycles. The van der Waals surface area contributed by atoms with Crippen LogP contribution in [0.1, 0.15) is 23.7 Å². The van der Waals surface area contributed by atoms with E-state index >= 15 is 0 Å². The zero-order valence-electron chi connectivity index (χ0n) is 13.9. The zero-order valence-corrected chi connectivity index (χ0v) is 13.9. The van der Waals surface area contributed by atoms with Gasteiger partial charge in [-0.25, -0.2) is 4.39 Å². The highest BCUT2D eigenvalue weighted by molar-refractivity contribution is 5.93. The number of benzene rings is 1. The van der Waals surface area contributed by atoms with Crippen LogP contribution in [0.5, 0.6) is 0 Å².